The number of hydrogen-bond acceptors (Lipinski definition) is 6. The maximum Gasteiger partial charge on any atom is 0.274 e. The third-order valence-corrected chi connectivity index (χ3v) is 4.43. The van der Waals surface area contributed by atoms with E-state index in [4.69, 9.17) is 4.74 Å². The number of aryl methyl sites for hydroxylation is 2. The molecule has 0 saturated heterocycles. The van der Waals surface area contributed by atoms with Crippen LogP contribution in [0, 0.1) is 0 Å². The standard InChI is InChI=1S/C17H19N7O2/c1-22-9-13(20-11-22)17(25)24-6-3-15-12(8-24)14(21-23(15)2)10-26-16-7-18-4-5-19-16/h4-5,7,9,11H,3,6,8,10H2,1-2H3. The van der Waals surface area contributed by atoms with Gasteiger partial charge in [-0.3, -0.25) is 14.5 Å². The normalized spacial score (nSPS) is 13.5. The predicted molar refractivity (Wildman–Crippen MR) is 91.2 cm³/mol. The van der Waals surface area contributed by atoms with Crippen molar-refractivity contribution in [2.24, 2.45) is 14.1 Å². The summed E-state index contributed by atoms with van der Waals surface area (Å²) in [4.78, 5) is 26.7. The molecule has 1 aliphatic rings. The molecule has 26 heavy (non-hydrogen) atoms. The Morgan fingerprint density at radius 2 is 2.15 bits per heavy atom. The Bertz CT molecular complexity index is 932. The van der Waals surface area contributed by atoms with E-state index in [9.17, 15) is 4.79 Å². The predicted octanol–water partition coefficient (Wildman–Crippen LogP) is 0.721. The summed E-state index contributed by atoms with van der Waals surface area (Å²) in [6, 6.07) is 0. The first-order valence-electron chi connectivity index (χ1n) is 8.31. The first-order chi connectivity index (χ1) is 12.6. The SMILES string of the molecule is Cn1cnc(C(=O)N2CCc3c(c(COc4cnccn4)nn3C)C2)c1. The van der Waals surface area contributed by atoms with Crippen molar-refractivity contribution in [1.82, 2.24) is 34.2 Å². The van der Waals surface area contributed by atoms with E-state index in [1.165, 1.54) is 0 Å². The molecule has 4 rings (SSSR count). The van der Waals surface area contributed by atoms with Gasteiger partial charge in [0.2, 0.25) is 5.88 Å². The summed E-state index contributed by atoms with van der Waals surface area (Å²) in [5.74, 6) is 0.380. The summed E-state index contributed by atoms with van der Waals surface area (Å²) >= 11 is 0. The Balaban J connectivity index is 1.53. The van der Waals surface area contributed by atoms with Crippen molar-refractivity contribution < 1.29 is 9.53 Å². The second kappa shape index (κ2) is 6.58. The monoisotopic (exact) mass is 353 g/mol. The molecule has 0 fully saturated rings. The van der Waals surface area contributed by atoms with Crippen LogP contribution in [0.15, 0.2) is 31.1 Å². The quantitative estimate of drug-likeness (QED) is 0.686. The van der Waals surface area contributed by atoms with Crippen LogP contribution in [0.2, 0.25) is 0 Å². The zero-order chi connectivity index (χ0) is 18.1. The number of ether oxygens (including phenoxy) is 1. The molecule has 0 bridgehead atoms. The summed E-state index contributed by atoms with van der Waals surface area (Å²) in [7, 11) is 3.77. The van der Waals surface area contributed by atoms with Gasteiger partial charge in [0.1, 0.15) is 18.0 Å². The van der Waals surface area contributed by atoms with Crippen LogP contribution in [0.4, 0.5) is 0 Å². The molecule has 3 aromatic heterocycles. The molecule has 3 aromatic rings. The fourth-order valence-electron chi connectivity index (χ4n) is 3.15. The van der Waals surface area contributed by atoms with Crippen LogP contribution >= 0.6 is 0 Å². The zero-order valence-corrected chi connectivity index (χ0v) is 14.7. The molecule has 0 atom stereocenters. The highest BCUT2D eigenvalue weighted by Gasteiger charge is 2.28. The maximum absolute atomic E-state index is 12.7. The number of amides is 1. The fourth-order valence-corrected chi connectivity index (χ4v) is 3.15. The maximum atomic E-state index is 12.7. The van der Waals surface area contributed by atoms with Gasteiger partial charge in [0.25, 0.3) is 5.91 Å². The van der Waals surface area contributed by atoms with Crippen molar-refractivity contribution >= 4 is 5.91 Å². The number of fused-ring (bicyclic) bond motifs is 1. The Morgan fingerprint density at radius 1 is 1.27 bits per heavy atom. The van der Waals surface area contributed by atoms with Crippen molar-refractivity contribution in [2.75, 3.05) is 6.54 Å². The van der Waals surface area contributed by atoms with Crippen LogP contribution in [-0.2, 0) is 33.7 Å². The molecule has 0 unspecified atom stereocenters. The molecule has 9 nitrogen and oxygen atoms in total. The first-order valence-corrected chi connectivity index (χ1v) is 8.31. The average Bonchev–Trinajstić information content (AvgIpc) is 3.23. The van der Waals surface area contributed by atoms with Crippen molar-refractivity contribution in [1.29, 1.82) is 0 Å². The molecule has 0 saturated carbocycles. The van der Waals surface area contributed by atoms with E-state index in [1.54, 1.807) is 40.6 Å². The van der Waals surface area contributed by atoms with Gasteiger partial charge in [0, 0.05) is 63.5 Å². The third kappa shape index (κ3) is 3.03. The van der Waals surface area contributed by atoms with Crippen LogP contribution in [-0.4, -0.2) is 46.7 Å². The van der Waals surface area contributed by atoms with Gasteiger partial charge < -0.3 is 14.2 Å². The lowest BCUT2D eigenvalue weighted by molar-refractivity contribution is 0.0727. The van der Waals surface area contributed by atoms with Gasteiger partial charge in [0.15, 0.2) is 0 Å². The summed E-state index contributed by atoms with van der Waals surface area (Å²) in [6.07, 6.45) is 8.86. The molecule has 1 amide bonds. The minimum absolute atomic E-state index is 0.0686. The van der Waals surface area contributed by atoms with Crippen LogP contribution in [0.1, 0.15) is 27.4 Å². The lowest BCUT2D eigenvalue weighted by atomic mass is 10.0. The molecular formula is C17H19N7O2. The second-order valence-corrected chi connectivity index (χ2v) is 6.23. The number of hydrogen-bond donors (Lipinski definition) is 0. The van der Waals surface area contributed by atoms with E-state index in [0.29, 0.717) is 24.7 Å². The molecular weight excluding hydrogens is 334 g/mol. The Labute approximate surface area is 150 Å². The lowest BCUT2D eigenvalue weighted by Crippen LogP contribution is -2.36. The van der Waals surface area contributed by atoms with Crippen molar-refractivity contribution in [2.45, 2.75) is 19.6 Å². The highest BCUT2D eigenvalue weighted by atomic mass is 16.5. The summed E-state index contributed by atoms with van der Waals surface area (Å²) in [6.45, 7) is 1.43. The van der Waals surface area contributed by atoms with Crippen LogP contribution in [0.5, 0.6) is 5.88 Å². The Morgan fingerprint density at radius 3 is 2.88 bits per heavy atom. The first kappa shape index (κ1) is 16.2. The number of nitrogens with zero attached hydrogens (tertiary/aromatic N) is 7. The highest BCUT2D eigenvalue weighted by Crippen LogP contribution is 2.24. The van der Waals surface area contributed by atoms with Crippen molar-refractivity contribution in [3.05, 3.63) is 53.8 Å². The summed E-state index contributed by atoms with van der Waals surface area (Å²) in [5.41, 5.74) is 3.43. The molecule has 0 spiro atoms. The zero-order valence-electron chi connectivity index (χ0n) is 14.7. The van der Waals surface area contributed by atoms with Crippen LogP contribution in [0.3, 0.4) is 0 Å². The summed E-state index contributed by atoms with van der Waals surface area (Å²) in [5, 5.41) is 4.56. The number of carbonyl (C=O) groups excluding carboxylic acids is 1. The van der Waals surface area contributed by atoms with E-state index in [2.05, 4.69) is 20.1 Å². The van der Waals surface area contributed by atoms with Crippen LogP contribution in [0.25, 0.3) is 0 Å². The fraction of sp³-hybridized carbons (Fsp3) is 0.353. The molecule has 0 aromatic carbocycles. The molecule has 0 aliphatic carbocycles. The number of carbonyl (C=O) groups is 1. The van der Waals surface area contributed by atoms with E-state index < -0.39 is 0 Å². The van der Waals surface area contributed by atoms with Gasteiger partial charge in [-0.05, 0) is 0 Å². The van der Waals surface area contributed by atoms with Gasteiger partial charge >= 0.3 is 0 Å². The molecule has 0 N–H and O–H groups in total. The second-order valence-electron chi connectivity index (χ2n) is 6.23. The largest absolute Gasteiger partial charge is 0.470 e. The third-order valence-electron chi connectivity index (χ3n) is 4.43. The van der Waals surface area contributed by atoms with E-state index in [1.807, 2.05) is 18.8 Å². The molecule has 4 heterocycles. The molecule has 0 radical (unpaired) electrons. The number of imidazole rings is 1. The van der Waals surface area contributed by atoms with Gasteiger partial charge in [-0.15, -0.1) is 0 Å². The average molecular weight is 353 g/mol. The smallest absolute Gasteiger partial charge is 0.274 e. The van der Waals surface area contributed by atoms with Crippen molar-refractivity contribution in [3.8, 4) is 5.88 Å². The molecule has 134 valence electrons. The minimum atomic E-state index is -0.0686. The van der Waals surface area contributed by atoms with Gasteiger partial charge in [-0.2, -0.15) is 5.10 Å². The Kier molecular flexibility index (Phi) is 4.11. The lowest BCUT2D eigenvalue weighted by Gasteiger charge is -2.27. The van der Waals surface area contributed by atoms with E-state index in [-0.39, 0.29) is 12.5 Å². The number of aromatic nitrogens is 6. The van der Waals surface area contributed by atoms with Gasteiger partial charge in [-0.25, -0.2) is 9.97 Å². The van der Waals surface area contributed by atoms with Crippen molar-refractivity contribution in [3.63, 3.8) is 0 Å². The van der Waals surface area contributed by atoms with Gasteiger partial charge in [0.05, 0.1) is 12.5 Å². The van der Waals surface area contributed by atoms with Gasteiger partial charge in [-0.1, -0.05) is 0 Å². The molecule has 9 heteroatoms. The Hall–Kier alpha value is -3.23. The number of rotatable bonds is 4. The topological polar surface area (TPSA) is 91.0 Å². The highest BCUT2D eigenvalue weighted by molar-refractivity contribution is 5.92. The minimum Gasteiger partial charge on any atom is -0.470 e. The molecule has 1 aliphatic heterocycles. The van der Waals surface area contributed by atoms with E-state index >= 15 is 0 Å². The van der Waals surface area contributed by atoms with E-state index in [0.717, 1.165) is 23.4 Å². The summed E-state index contributed by atoms with van der Waals surface area (Å²) < 4.78 is 9.33. The van der Waals surface area contributed by atoms with Crippen LogP contribution < -0.4 is 4.74 Å².